The Hall–Kier alpha value is -1.85. The number of methoxy groups -OCH3 is 1. The van der Waals surface area contributed by atoms with Gasteiger partial charge in [-0.2, -0.15) is 0 Å². The smallest absolute Gasteiger partial charge is 0.186 e. The molecule has 2 aliphatic heterocycles. The van der Waals surface area contributed by atoms with Crippen molar-refractivity contribution in [3.63, 3.8) is 0 Å². The van der Waals surface area contributed by atoms with Crippen LogP contribution in [0.5, 0.6) is 0 Å². The molecule has 1 unspecified atom stereocenters. The van der Waals surface area contributed by atoms with Crippen molar-refractivity contribution in [1.29, 1.82) is 0 Å². The van der Waals surface area contributed by atoms with Crippen LogP contribution in [0.1, 0.15) is 5.56 Å². The topological polar surface area (TPSA) is 101 Å². The minimum absolute atomic E-state index is 0.0947. The van der Waals surface area contributed by atoms with Crippen molar-refractivity contribution >= 4 is 9.84 Å². The van der Waals surface area contributed by atoms with Gasteiger partial charge in [-0.25, -0.2) is 8.42 Å². The average Bonchev–Trinajstić information content (AvgIpc) is 2.79. The number of sulfone groups is 1. The summed E-state index contributed by atoms with van der Waals surface area (Å²) in [7, 11) is -2.19. The zero-order chi connectivity index (χ0) is 21.8. The first-order chi connectivity index (χ1) is 15.0. The van der Waals surface area contributed by atoms with Crippen molar-refractivity contribution in [3.05, 3.63) is 66.2 Å². The van der Waals surface area contributed by atoms with E-state index in [1.807, 2.05) is 30.3 Å². The molecular weight excluding hydrogens is 424 g/mol. The Morgan fingerprint density at radius 2 is 1.71 bits per heavy atom. The Bertz CT molecular complexity index is 936. The van der Waals surface area contributed by atoms with Crippen LogP contribution in [0, 0.1) is 0 Å². The molecule has 2 fully saturated rings. The molecule has 2 aliphatic rings. The monoisotopic (exact) mass is 450 g/mol. The van der Waals surface area contributed by atoms with Gasteiger partial charge in [0.15, 0.2) is 22.4 Å². The Morgan fingerprint density at radius 3 is 2.39 bits per heavy atom. The molecule has 168 valence electrons. The van der Waals surface area contributed by atoms with Gasteiger partial charge in [0.25, 0.3) is 0 Å². The van der Waals surface area contributed by atoms with Crippen molar-refractivity contribution in [1.82, 2.24) is 0 Å². The molecule has 2 aromatic carbocycles. The highest BCUT2D eigenvalue weighted by molar-refractivity contribution is 7.91. The van der Waals surface area contributed by atoms with Crippen LogP contribution in [0.2, 0.25) is 0 Å². The molecule has 2 aromatic rings. The molecule has 0 saturated carbocycles. The van der Waals surface area contributed by atoms with Gasteiger partial charge in [-0.3, -0.25) is 0 Å². The third-order valence-corrected chi connectivity index (χ3v) is 7.05. The van der Waals surface area contributed by atoms with Crippen LogP contribution in [0.3, 0.4) is 0 Å². The summed E-state index contributed by atoms with van der Waals surface area (Å²) in [6, 6.07) is 17.7. The summed E-state index contributed by atoms with van der Waals surface area (Å²) in [5.74, 6) is -0.352. The number of hydrogen-bond donors (Lipinski definition) is 1. The Kier molecular flexibility index (Phi) is 7.02. The quantitative estimate of drug-likeness (QED) is 0.678. The summed E-state index contributed by atoms with van der Waals surface area (Å²) >= 11 is 0. The van der Waals surface area contributed by atoms with Crippen molar-refractivity contribution in [2.75, 3.05) is 19.5 Å². The highest BCUT2D eigenvalue weighted by atomic mass is 32.2. The lowest BCUT2D eigenvalue weighted by atomic mass is 9.98. The maximum Gasteiger partial charge on any atom is 0.186 e. The van der Waals surface area contributed by atoms with Gasteiger partial charge in [-0.1, -0.05) is 48.5 Å². The standard InChI is InChI=1S/C22H26O8S/c1-26-22-19(23)21(28-12-15-8-4-2-5-9-15)20-17(29-22)13-27-18(30-20)14-31(24,25)16-10-6-3-7-11-16/h2-11,17-23H,12-14H2,1H3/t17-,18?,19-,20-,21-,22+/m1/s1. The zero-order valence-electron chi connectivity index (χ0n) is 17.1. The maximum absolute atomic E-state index is 12.7. The van der Waals surface area contributed by atoms with Crippen LogP contribution in [0.25, 0.3) is 0 Å². The fourth-order valence-corrected chi connectivity index (χ4v) is 5.05. The van der Waals surface area contributed by atoms with Crippen LogP contribution in [0.4, 0.5) is 0 Å². The largest absolute Gasteiger partial charge is 0.385 e. The van der Waals surface area contributed by atoms with Crippen LogP contribution in [-0.4, -0.2) is 70.0 Å². The van der Waals surface area contributed by atoms with E-state index in [1.165, 1.54) is 19.2 Å². The molecule has 2 saturated heterocycles. The van der Waals surface area contributed by atoms with Gasteiger partial charge in [0.05, 0.1) is 18.1 Å². The van der Waals surface area contributed by atoms with Gasteiger partial charge in [0.1, 0.15) is 30.2 Å². The minimum atomic E-state index is -3.62. The van der Waals surface area contributed by atoms with Crippen LogP contribution < -0.4 is 0 Å². The van der Waals surface area contributed by atoms with Crippen molar-refractivity contribution in [3.8, 4) is 0 Å². The number of aliphatic hydroxyl groups is 1. The second kappa shape index (κ2) is 9.74. The van der Waals surface area contributed by atoms with E-state index < -0.39 is 46.8 Å². The Balaban J connectivity index is 1.48. The first-order valence-corrected chi connectivity index (χ1v) is 11.7. The van der Waals surface area contributed by atoms with Gasteiger partial charge in [-0.15, -0.1) is 0 Å². The van der Waals surface area contributed by atoms with E-state index in [4.69, 9.17) is 23.7 Å². The molecule has 0 aliphatic carbocycles. The van der Waals surface area contributed by atoms with Crippen LogP contribution in [0.15, 0.2) is 65.6 Å². The second-order valence-corrected chi connectivity index (χ2v) is 9.52. The third-order valence-electron chi connectivity index (χ3n) is 5.35. The number of fused-ring (bicyclic) bond motifs is 1. The van der Waals surface area contributed by atoms with E-state index >= 15 is 0 Å². The summed E-state index contributed by atoms with van der Waals surface area (Å²) in [5.41, 5.74) is 0.932. The summed E-state index contributed by atoms with van der Waals surface area (Å²) in [5, 5.41) is 10.7. The third kappa shape index (κ3) is 5.15. The van der Waals surface area contributed by atoms with Gasteiger partial charge >= 0.3 is 0 Å². The van der Waals surface area contributed by atoms with Gasteiger partial charge in [0, 0.05) is 7.11 Å². The number of ether oxygens (including phenoxy) is 5. The molecule has 0 bridgehead atoms. The van der Waals surface area contributed by atoms with E-state index in [0.29, 0.717) is 0 Å². The molecule has 4 rings (SSSR count). The molecule has 0 aromatic heterocycles. The minimum Gasteiger partial charge on any atom is -0.385 e. The molecule has 1 N–H and O–H groups in total. The van der Waals surface area contributed by atoms with E-state index in [2.05, 4.69) is 0 Å². The molecule has 0 amide bonds. The zero-order valence-corrected chi connectivity index (χ0v) is 17.9. The lowest BCUT2D eigenvalue weighted by Gasteiger charge is -2.47. The number of aliphatic hydroxyl groups excluding tert-OH is 1. The molecule has 0 spiro atoms. The summed E-state index contributed by atoms with van der Waals surface area (Å²) in [6.07, 6.45) is -5.09. The van der Waals surface area contributed by atoms with E-state index in [1.54, 1.807) is 18.2 Å². The lowest BCUT2D eigenvalue weighted by molar-refractivity contribution is -0.357. The fourth-order valence-electron chi connectivity index (χ4n) is 3.75. The lowest BCUT2D eigenvalue weighted by Crippen LogP contribution is -2.64. The fraction of sp³-hybridized carbons (Fsp3) is 0.455. The highest BCUT2D eigenvalue weighted by Gasteiger charge is 2.50. The Labute approximate surface area is 181 Å². The Morgan fingerprint density at radius 1 is 1.03 bits per heavy atom. The van der Waals surface area contributed by atoms with Crippen LogP contribution >= 0.6 is 0 Å². The van der Waals surface area contributed by atoms with Crippen molar-refractivity contribution in [2.45, 2.75) is 48.5 Å². The maximum atomic E-state index is 12.7. The van der Waals surface area contributed by atoms with Gasteiger partial charge < -0.3 is 28.8 Å². The molecule has 9 heteroatoms. The molecule has 2 heterocycles. The normalized spacial score (nSPS) is 31.2. The van der Waals surface area contributed by atoms with Crippen molar-refractivity contribution in [2.24, 2.45) is 0 Å². The summed E-state index contributed by atoms with van der Waals surface area (Å²) < 4.78 is 54.0. The number of hydrogen-bond acceptors (Lipinski definition) is 8. The SMILES string of the molecule is CO[C@H]1O[C@@H]2COC(CS(=O)(=O)c3ccccc3)O[C@H]2[C@H](OCc2ccccc2)[C@H]1O. The summed E-state index contributed by atoms with van der Waals surface area (Å²) in [6.45, 7) is 0.344. The number of rotatable bonds is 7. The van der Waals surface area contributed by atoms with E-state index in [0.717, 1.165) is 5.56 Å². The van der Waals surface area contributed by atoms with Crippen LogP contribution in [-0.2, 0) is 40.1 Å². The first kappa shape index (κ1) is 22.3. The molecule has 8 nitrogen and oxygen atoms in total. The predicted molar refractivity (Wildman–Crippen MR) is 110 cm³/mol. The molecule has 0 radical (unpaired) electrons. The van der Waals surface area contributed by atoms with Gasteiger partial charge in [0.2, 0.25) is 0 Å². The second-order valence-electron chi connectivity index (χ2n) is 7.49. The van der Waals surface area contributed by atoms with E-state index in [-0.39, 0.29) is 23.9 Å². The molecule has 31 heavy (non-hydrogen) atoms. The van der Waals surface area contributed by atoms with Gasteiger partial charge in [-0.05, 0) is 17.7 Å². The first-order valence-electron chi connectivity index (χ1n) is 10.0. The number of benzene rings is 2. The average molecular weight is 451 g/mol. The van der Waals surface area contributed by atoms with E-state index in [9.17, 15) is 13.5 Å². The van der Waals surface area contributed by atoms with Crippen molar-refractivity contribution < 1.29 is 37.2 Å². The predicted octanol–water partition coefficient (Wildman–Crippen LogP) is 1.52. The summed E-state index contributed by atoms with van der Waals surface area (Å²) in [4.78, 5) is 0.195. The molecule has 6 atom stereocenters. The molecular formula is C22H26O8S. The highest BCUT2D eigenvalue weighted by Crippen LogP contribution is 2.32.